The second kappa shape index (κ2) is 7.31. The Labute approximate surface area is 135 Å². The summed E-state index contributed by atoms with van der Waals surface area (Å²) in [5.74, 6) is -0.0780. The number of hydrogen-bond donors (Lipinski definition) is 1. The molecule has 2 atom stereocenters. The Morgan fingerprint density at radius 3 is 2.95 bits per heavy atom. The van der Waals surface area contributed by atoms with Gasteiger partial charge in [-0.1, -0.05) is 23.7 Å². The maximum Gasteiger partial charge on any atom is 0.251 e. The summed E-state index contributed by atoms with van der Waals surface area (Å²) in [6, 6.07) is 7.94. The van der Waals surface area contributed by atoms with Crippen LogP contribution in [0, 0.1) is 0 Å². The molecule has 5 nitrogen and oxygen atoms in total. The van der Waals surface area contributed by atoms with E-state index in [-0.39, 0.29) is 11.9 Å². The summed E-state index contributed by atoms with van der Waals surface area (Å²) >= 11 is 6.27. The van der Waals surface area contributed by atoms with Crippen molar-refractivity contribution in [2.75, 3.05) is 37.8 Å². The van der Waals surface area contributed by atoms with Crippen LogP contribution in [0.2, 0.25) is 5.02 Å². The lowest BCUT2D eigenvalue weighted by Crippen LogP contribution is -2.52. The number of halogens is 1. The fourth-order valence-corrected chi connectivity index (χ4v) is 3.21. The van der Waals surface area contributed by atoms with Crippen molar-refractivity contribution in [3.63, 3.8) is 0 Å². The Morgan fingerprint density at radius 2 is 2.18 bits per heavy atom. The number of rotatable bonds is 3. The van der Waals surface area contributed by atoms with E-state index in [0.29, 0.717) is 19.8 Å². The SMILES string of the molecule is O=C(NC1CCCN(c2ccccc2Cl)C1)C1COCCO1. The van der Waals surface area contributed by atoms with Gasteiger partial charge in [-0.15, -0.1) is 0 Å². The highest BCUT2D eigenvalue weighted by Gasteiger charge is 2.27. The average Bonchev–Trinajstić information content (AvgIpc) is 2.56. The van der Waals surface area contributed by atoms with Crippen LogP contribution in [0.25, 0.3) is 0 Å². The Kier molecular flexibility index (Phi) is 5.18. The van der Waals surface area contributed by atoms with E-state index in [1.165, 1.54) is 0 Å². The van der Waals surface area contributed by atoms with Gasteiger partial charge in [0, 0.05) is 19.1 Å². The summed E-state index contributed by atoms with van der Waals surface area (Å²) in [7, 11) is 0. The molecule has 1 aromatic carbocycles. The first-order valence-electron chi connectivity index (χ1n) is 7.73. The fourth-order valence-electron chi connectivity index (χ4n) is 2.96. The zero-order chi connectivity index (χ0) is 15.4. The monoisotopic (exact) mass is 324 g/mol. The molecule has 2 aliphatic heterocycles. The van der Waals surface area contributed by atoms with Crippen LogP contribution in [-0.2, 0) is 14.3 Å². The molecule has 0 aliphatic carbocycles. The van der Waals surface area contributed by atoms with E-state index in [1.54, 1.807) is 0 Å². The van der Waals surface area contributed by atoms with Gasteiger partial charge < -0.3 is 19.7 Å². The molecule has 120 valence electrons. The number of piperidine rings is 1. The summed E-state index contributed by atoms with van der Waals surface area (Å²) in [4.78, 5) is 14.4. The van der Waals surface area contributed by atoms with Gasteiger partial charge in [-0.3, -0.25) is 4.79 Å². The number of nitrogens with one attached hydrogen (secondary N) is 1. The lowest BCUT2D eigenvalue weighted by Gasteiger charge is -2.36. The van der Waals surface area contributed by atoms with Crippen molar-refractivity contribution in [1.82, 2.24) is 5.32 Å². The first kappa shape index (κ1) is 15.6. The molecule has 1 N–H and O–H groups in total. The van der Waals surface area contributed by atoms with E-state index >= 15 is 0 Å². The predicted octanol–water partition coefficient (Wildman–Crippen LogP) is 1.84. The maximum atomic E-state index is 12.2. The number of hydrogen-bond acceptors (Lipinski definition) is 4. The number of anilines is 1. The first-order valence-corrected chi connectivity index (χ1v) is 8.11. The predicted molar refractivity (Wildman–Crippen MR) is 85.4 cm³/mol. The minimum atomic E-state index is -0.482. The van der Waals surface area contributed by atoms with Crippen LogP contribution < -0.4 is 10.2 Å². The molecule has 0 radical (unpaired) electrons. The normalized spacial score (nSPS) is 25.8. The van der Waals surface area contributed by atoms with Crippen LogP contribution in [0.15, 0.2) is 24.3 Å². The van der Waals surface area contributed by atoms with Gasteiger partial charge in [0.15, 0.2) is 6.10 Å². The van der Waals surface area contributed by atoms with Crippen LogP contribution >= 0.6 is 11.6 Å². The zero-order valence-corrected chi connectivity index (χ0v) is 13.2. The van der Waals surface area contributed by atoms with E-state index in [2.05, 4.69) is 10.2 Å². The molecule has 22 heavy (non-hydrogen) atoms. The fraction of sp³-hybridized carbons (Fsp3) is 0.562. The van der Waals surface area contributed by atoms with Gasteiger partial charge in [-0.25, -0.2) is 0 Å². The van der Waals surface area contributed by atoms with Gasteiger partial charge in [0.05, 0.1) is 30.5 Å². The Hall–Kier alpha value is -1.30. The van der Waals surface area contributed by atoms with Gasteiger partial charge in [0.1, 0.15) is 0 Å². The van der Waals surface area contributed by atoms with Crippen molar-refractivity contribution in [2.24, 2.45) is 0 Å². The van der Waals surface area contributed by atoms with Crippen LogP contribution in [0.3, 0.4) is 0 Å². The van der Waals surface area contributed by atoms with Gasteiger partial charge in [0.2, 0.25) is 0 Å². The molecular formula is C16H21ClN2O3. The lowest BCUT2D eigenvalue weighted by atomic mass is 10.0. The molecule has 2 fully saturated rings. The molecule has 2 saturated heterocycles. The summed E-state index contributed by atoms with van der Waals surface area (Å²) in [6.07, 6.45) is 1.52. The highest BCUT2D eigenvalue weighted by atomic mass is 35.5. The largest absolute Gasteiger partial charge is 0.376 e. The highest BCUT2D eigenvalue weighted by Crippen LogP contribution is 2.27. The van der Waals surface area contributed by atoms with Crippen molar-refractivity contribution >= 4 is 23.2 Å². The van der Waals surface area contributed by atoms with Crippen molar-refractivity contribution in [3.8, 4) is 0 Å². The van der Waals surface area contributed by atoms with E-state index in [1.807, 2.05) is 24.3 Å². The summed E-state index contributed by atoms with van der Waals surface area (Å²) in [6.45, 7) is 3.11. The molecule has 2 aliphatic rings. The van der Waals surface area contributed by atoms with Gasteiger partial charge >= 0.3 is 0 Å². The number of carbonyl (C=O) groups is 1. The minimum Gasteiger partial charge on any atom is -0.376 e. The number of ether oxygens (including phenoxy) is 2. The summed E-state index contributed by atoms with van der Waals surface area (Å²) in [5.41, 5.74) is 1.03. The third-order valence-electron chi connectivity index (χ3n) is 4.07. The van der Waals surface area contributed by atoms with E-state index in [4.69, 9.17) is 21.1 Å². The van der Waals surface area contributed by atoms with Crippen molar-refractivity contribution in [1.29, 1.82) is 0 Å². The van der Waals surface area contributed by atoms with Crippen molar-refractivity contribution in [3.05, 3.63) is 29.3 Å². The van der Waals surface area contributed by atoms with Crippen LogP contribution in [-0.4, -0.2) is 51.0 Å². The van der Waals surface area contributed by atoms with Crippen molar-refractivity contribution < 1.29 is 14.3 Å². The molecule has 6 heteroatoms. The quantitative estimate of drug-likeness (QED) is 0.922. The maximum absolute atomic E-state index is 12.2. The zero-order valence-electron chi connectivity index (χ0n) is 12.5. The first-order chi connectivity index (χ1) is 10.7. The number of nitrogens with zero attached hydrogens (tertiary/aromatic N) is 1. The number of carbonyl (C=O) groups excluding carboxylic acids is 1. The average molecular weight is 325 g/mol. The van der Waals surface area contributed by atoms with Gasteiger partial charge in [-0.2, -0.15) is 0 Å². The molecular weight excluding hydrogens is 304 g/mol. The molecule has 1 aromatic rings. The second-order valence-electron chi connectivity index (χ2n) is 5.68. The van der Waals surface area contributed by atoms with E-state index in [0.717, 1.165) is 36.6 Å². The molecule has 0 aromatic heterocycles. The van der Waals surface area contributed by atoms with Crippen LogP contribution in [0.4, 0.5) is 5.69 Å². The standard InChI is InChI=1S/C16H21ClN2O3/c17-13-5-1-2-6-14(13)19-7-3-4-12(10-19)18-16(20)15-11-21-8-9-22-15/h1-2,5-6,12,15H,3-4,7-11H2,(H,18,20). The number of para-hydroxylation sites is 1. The number of benzene rings is 1. The van der Waals surface area contributed by atoms with Gasteiger partial charge in [0.25, 0.3) is 5.91 Å². The molecule has 3 rings (SSSR count). The third kappa shape index (κ3) is 3.72. The summed E-state index contributed by atoms with van der Waals surface area (Å²) in [5, 5.41) is 3.83. The molecule has 0 spiro atoms. The molecule has 0 bridgehead atoms. The highest BCUT2D eigenvalue weighted by molar-refractivity contribution is 6.33. The smallest absolute Gasteiger partial charge is 0.251 e. The third-order valence-corrected chi connectivity index (χ3v) is 4.39. The summed E-state index contributed by atoms with van der Waals surface area (Å²) < 4.78 is 10.7. The Bertz CT molecular complexity index is 520. The molecule has 0 saturated carbocycles. The van der Waals surface area contributed by atoms with Crippen LogP contribution in [0.1, 0.15) is 12.8 Å². The lowest BCUT2D eigenvalue weighted by molar-refractivity contribution is -0.148. The molecule has 2 heterocycles. The van der Waals surface area contributed by atoms with Crippen LogP contribution in [0.5, 0.6) is 0 Å². The Balaban J connectivity index is 1.58. The van der Waals surface area contributed by atoms with Crippen molar-refractivity contribution in [2.45, 2.75) is 25.0 Å². The number of amides is 1. The molecule has 2 unspecified atom stereocenters. The minimum absolute atomic E-state index is 0.0780. The van der Waals surface area contributed by atoms with E-state index in [9.17, 15) is 4.79 Å². The van der Waals surface area contributed by atoms with E-state index < -0.39 is 6.10 Å². The topological polar surface area (TPSA) is 50.8 Å². The molecule has 1 amide bonds. The van der Waals surface area contributed by atoms with Gasteiger partial charge in [-0.05, 0) is 25.0 Å². The Morgan fingerprint density at radius 1 is 1.32 bits per heavy atom. The second-order valence-corrected chi connectivity index (χ2v) is 6.09.